The molecule has 2 atom stereocenters. The highest BCUT2D eigenvalue weighted by Crippen LogP contribution is 2.26. The van der Waals surface area contributed by atoms with Crippen molar-refractivity contribution in [3.8, 4) is 0 Å². The molecule has 1 N–H and O–H groups in total. The van der Waals surface area contributed by atoms with Crippen LogP contribution in [-0.4, -0.2) is 47.7 Å². The highest BCUT2D eigenvalue weighted by Gasteiger charge is 2.35. The molecule has 0 radical (unpaired) electrons. The third kappa shape index (κ3) is 2.83. The number of carboxylic acids is 1. The maximum Gasteiger partial charge on any atom is 0.306 e. The molecule has 2 unspecified atom stereocenters. The average molecular weight is 255 g/mol. The number of likely N-dealkylation sites (tertiary alicyclic amines) is 1. The molecule has 5 nitrogen and oxygen atoms in total. The predicted molar refractivity (Wildman–Crippen MR) is 65.1 cm³/mol. The SMILES string of the molecule is CC1CC(C(=O)O)CCN1C(=O)C1CCOCC1. The van der Waals surface area contributed by atoms with Gasteiger partial charge in [0.05, 0.1) is 5.92 Å². The molecule has 0 aromatic heterocycles. The van der Waals surface area contributed by atoms with Crippen LogP contribution in [0.4, 0.5) is 0 Å². The summed E-state index contributed by atoms with van der Waals surface area (Å²) in [5, 5.41) is 9.01. The number of nitrogens with zero attached hydrogens (tertiary/aromatic N) is 1. The van der Waals surface area contributed by atoms with Gasteiger partial charge in [-0.2, -0.15) is 0 Å². The van der Waals surface area contributed by atoms with Crippen LogP contribution in [0.15, 0.2) is 0 Å². The second kappa shape index (κ2) is 5.69. The first kappa shape index (κ1) is 13.3. The van der Waals surface area contributed by atoms with E-state index in [9.17, 15) is 9.59 Å². The third-order valence-electron chi connectivity index (χ3n) is 4.08. The average Bonchev–Trinajstić information content (AvgIpc) is 2.38. The number of piperidine rings is 1. The fourth-order valence-electron chi connectivity index (χ4n) is 2.90. The first-order valence-electron chi connectivity index (χ1n) is 6.70. The minimum atomic E-state index is -0.736. The largest absolute Gasteiger partial charge is 0.481 e. The van der Waals surface area contributed by atoms with Crippen LogP contribution >= 0.6 is 0 Å². The summed E-state index contributed by atoms with van der Waals surface area (Å²) in [6.07, 6.45) is 2.74. The van der Waals surface area contributed by atoms with Crippen molar-refractivity contribution >= 4 is 11.9 Å². The van der Waals surface area contributed by atoms with Crippen molar-refractivity contribution in [3.63, 3.8) is 0 Å². The topological polar surface area (TPSA) is 66.8 Å². The van der Waals surface area contributed by atoms with E-state index in [4.69, 9.17) is 9.84 Å². The van der Waals surface area contributed by atoms with E-state index < -0.39 is 5.97 Å². The first-order chi connectivity index (χ1) is 8.59. The van der Waals surface area contributed by atoms with Crippen molar-refractivity contribution < 1.29 is 19.4 Å². The van der Waals surface area contributed by atoms with Crippen LogP contribution in [0.5, 0.6) is 0 Å². The highest BCUT2D eigenvalue weighted by atomic mass is 16.5. The number of carbonyl (C=O) groups is 2. The van der Waals surface area contributed by atoms with E-state index >= 15 is 0 Å². The van der Waals surface area contributed by atoms with Crippen LogP contribution in [0.25, 0.3) is 0 Å². The van der Waals surface area contributed by atoms with Gasteiger partial charge in [0.15, 0.2) is 0 Å². The van der Waals surface area contributed by atoms with Gasteiger partial charge in [-0.15, -0.1) is 0 Å². The summed E-state index contributed by atoms with van der Waals surface area (Å²) in [6, 6.07) is 0.0372. The summed E-state index contributed by atoms with van der Waals surface area (Å²) in [7, 11) is 0. The molecule has 0 spiro atoms. The first-order valence-corrected chi connectivity index (χ1v) is 6.70. The Bertz CT molecular complexity index is 325. The zero-order valence-electron chi connectivity index (χ0n) is 10.8. The van der Waals surface area contributed by atoms with E-state index in [1.54, 1.807) is 0 Å². The van der Waals surface area contributed by atoms with Crippen LogP contribution in [0.3, 0.4) is 0 Å². The Morgan fingerprint density at radius 1 is 1.17 bits per heavy atom. The quantitative estimate of drug-likeness (QED) is 0.803. The molecule has 0 bridgehead atoms. The molecule has 2 aliphatic rings. The van der Waals surface area contributed by atoms with Gasteiger partial charge >= 0.3 is 5.97 Å². The number of amides is 1. The van der Waals surface area contributed by atoms with Crippen molar-refractivity contribution in [2.24, 2.45) is 11.8 Å². The van der Waals surface area contributed by atoms with E-state index in [2.05, 4.69) is 0 Å². The van der Waals surface area contributed by atoms with Gasteiger partial charge < -0.3 is 14.7 Å². The van der Waals surface area contributed by atoms with E-state index in [0.29, 0.717) is 32.6 Å². The van der Waals surface area contributed by atoms with Gasteiger partial charge in [-0.05, 0) is 32.6 Å². The molecule has 0 aromatic rings. The van der Waals surface area contributed by atoms with E-state index in [0.717, 1.165) is 12.8 Å². The van der Waals surface area contributed by atoms with Crippen LogP contribution in [0.2, 0.25) is 0 Å². The number of ether oxygens (including phenoxy) is 1. The van der Waals surface area contributed by atoms with Gasteiger partial charge in [0, 0.05) is 31.7 Å². The molecule has 18 heavy (non-hydrogen) atoms. The Morgan fingerprint density at radius 2 is 1.83 bits per heavy atom. The summed E-state index contributed by atoms with van der Waals surface area (Å²) in [5.74, 6) is -0.768. The number of carbonyl (C=O) groups excluding carboxylic acids is 1. The van der Waals surface area contributed by atoms with Crippen molar-refractivity contribution in [2.75, 3.05) is 19.8 Å². The molecular weight excluding hydrogens is 234 g/mol. The Kier molecular flexibility index (Phi) is 4.22. The summed E-state index contributed by atoms with van der Waals surface area (Å²) >= 11 is 0. The van der Waals surface area contributed by atoms with Gasteiger partial charge in [-0.25, -0.2) is 0 Å². The number of hydrogen-bond donors (Lipinski definition) is 1. The number of carboxylic acid groups (broad SMARTS) is 1. The van der Waals surface area contributed by atoms with E-state index in [1.165, 1.54) is 0 Å². The van der Waals surface area contributed by atoms with Gasteiger partial charge in [-0.3, -0.25) is 9.59 Å². The van der Waals surface area contributed by atoms with E-state index in [1.807, 2.05) is 11.8 Å². The minimum absolute atomic E-state index is 0.0372. The summed E-state index contributed by atoms with van der Waals surface area (Å²) < 4.78 is 5.26. The van der Waals surface area contributed by atoms with Crippen molar-refractivity contribution in [3.05, 3.63) is 0 Å². The van der Waals surface area contributed by atoms with Crippen LogP contribution in [0, 0.1) is 11.8 Å². The molecular formula is C13H21NO4. The molecule has 1 amide bonds. The van der Waals surface area contributed by atoms with Gasteiger partial charge in [0.25, 0.3) is 0 Å². The Hall–Kier alpha value is -1.10. The number of rotatable bonds is 2. The molecule has 2 heterocycles. The zero-order chi connectivity index (χ0) is 13.1. The van der Waals surface area contributed by atoms with Crippen molar-refractivity contribution in [1.82, 2.24) is 4.90 Å². The lowest BCUT2D eigenvalue weighted by molar-refractivity contribution is -0.150. The monoisotopic (exact) mass is 255 g/mol. The van der Waals surface area contributed by atoms with Crippen LogP contribution in [0.1, 0.15) is 32.6 Å². The van der Waals surface area contributed by atoms with Gasteiger partial charge in [0.2, 0.25) is 5.91 Å². The number of aliphatic carboxylic acids is 1. The summed E-state index contributed by atoms with van der Waals surface area (Å²) in [6.45, 7) is 3.85. The molecule has 2 saturated heterocycles. The van der Waals surface area contributed by atoms with Crippen molar-refractivity contribution in [1.29, 1.82) is 0 Å². The lowest BCUT2D eigenvalue weighted by atomic mass is 9.89. The van der Waals surface area contributed by atoms with Gasteiger partial charge in [-0.1, -0.05) is 0 Å². The smallest absolute Gasteiger partial charge is 0.306 e. The van der Waals surface area contributed by atoms with Crippen LogP contribution in [-0.2, 0) is 14.3 Å². The molecule has 5 heteroatoms. The number of hydrogen-bond acceptors (Lipinski definition) is 3. The van der Waals surface area contributed by atoms with Crippen molar-refractivity contribution in [2.45, 2.75) is 38.6 Å². The molecule has 0 aliphatic carbocycles. The molecule has 2 rings (SSSR count). The fraction of sp³-hybridized carbons (Fsp3) is 0.846. The highest BCUT2D eigenvalue weighted by molar-refractivity contribution is 5.80. The second-order valence-electron chi connectivity index (χ2n) is 5.33. The molecule has 2 fully saturated rings. The summed E-state index contributed by atoms with van der Waals surface area (Å²) in [4.78, 5) is 25.2. The van der Waals surface area contributed by atoms with Gasteiger partial charge in [0.1, 0.15) is 0 Å². The molecule has 2 aliphatic heterocycles. The Labute approximate surface area is 107 Å². The van der Waals surface area contributed by atoms with E-state index in [-0.39, 0.29) is 23.8 Å². The molecule has 0 aromatic carbocycles. The Morgan fingerprint density at radius 3 is 2.39 bits per heavy atom. The molecule has 102 valence electrons. The standard InChI is InChI=1S/C13H21NO4/c1-9-8-11(13(16)17)2-5-14(9)12(15)10-3-6-18-7-4-10/h9-11H,2-8H2,1H3,(H,16,17). The maximum atomic E-state index is 12.4. The third-order valence-corrected chi connectivity index (χ3v) is 4.08. The fourth-order valence-corrected chi connectivity index (χ4v) is 2.90. The zero-order valence-corrected chi connectivity index (χ0v) is 10.8. The predicted octanol–water partition coefficient (Wildman–Crippen LogP) is 1.12. The second-order valence-corrected chi connectivity index (χ2v) is 5.33. The molecule has 0 saturated carbocycles. The lowest BCUT2D eigenvalue weighted by Gasteiger charge is -2.38. The Balaban J connectivity index is 1.93. The van der Waals surface area contributed by atoms with Crippen LogP contribution < -0.4 is 0 Å². The normalized spacial score (nSPS) is 30.2. The lowest BCUT2D eigenvalue weighted by Crippen LogP contribution is -2.49. The minimum Gasteiger partial charge on any atom is -0.481 e. The summed E-state index contributed by atoms with van der Waals surface area (Å²) in [5.41, 5.74) is 0. The maximum absolute atomic E-state index is 12.4.